The smallest absolute Gasteiger partial charge is 0.342 e. The van der Waals surface area contributed by atoms with Crippen LogP contribution in [0.15, 0.2) is 30.4 Å². The van der Waals surface area contributed by atoms with E-state index in [2.05, 4.69) is 13.5 Å². The van der Waals surface area contributed by atoms with Crippen LogP contribution >= 0.6 is 0 Å². The van der Waals surface area contributed by atoms with E-state index >= 15 is 0 Å². The zero-order valence-electron chi connectivity index (χ0n) is 18.1. The molecule has 1 aromatic carbocycles. The first kappa shape index (κ1) is 20.8. The number of ether oxygens (including phenoxy) is 4. The standard InChI is InChI=1S/C24H30O6/c1-13(29-23(26)15-7-6-8-19(27-4)21(15)28-5)9-10-17-18-11-16-14(2)22(25)30-20(16)12-24(17,18)3/h6-8,13,16-18,20H,2,9-12H2,1,3-5H3/t13?,16-,17?,18+,20-,24-/m1/s1. The molecule has 162 valence electrons. The third-order valence-corrected chi connectivity index (χ3v) is 7.45. The first-order valence-corrected chi connectivity index (χ1v) is 10.6. The summed E-state index contributed by atoms with van der Waals surface area (Å²) in [6, 6.07) is 5.17. The topological polar surface area (TPSA) is 71.1 Å². The van der Waals surface area contributed by atoms with E-state index in [0.717, 1.165) is 25.7 Å². The van der Waals surface area contributed by atoms with Crippen molar-refractivity contribution < 1.29 is 28.5 Å². The van der Waals surface area contributed by atoms with Gasteiger partial charge in [0, 0.05) is 11.5 Å². The summed E-state index contributed by atoms with van der Waals surface area (Å²) in [4.78, 5) is 24.4. The molecule has 2 aliphatic carbocycles. The van der Waals surface area contributed by atoms with Crippen molar-refractivity contribution in [1.82, 2.24) is 0 Å². The molecular formula is C24H30O6. The number of hydrogen-bond acceptors (Lipinski definition) is 6. The molecule has 0 bridgehead atoms. The molecule has 2 saturated carbocycles. The Morgan fingerprint density at radius 2 is 2.10 bits per heavy atom. The maximum absolute atomic E-state index is 12.7. The lowest BCUT2D eigenvalue weighted by molar-refractivity contribution is -0.140. The van der Waals surface area contributed by atoms with Gasteiger partial charge in [0.15, 0.2) is 11.5 Å². The average Bonchev–Trinajstić information content (AvgIpc) is 3.21. The van der Waals surface area contributed by atoms with Crippen LogP contribution in [0.25, 0.3) is 0 Å². The molecule has 0 aromatic heterocycles. The van der Waals surface area contributed by atoms with Gasteiger partial charge in [0.25, 0.3) is 0 Å². The van der Waals surface area contributed by atoms with Crippen molar-refractivity contribution in [1.29, 1.82) is 0 Å². The summed E-state index contributed by atoms with van der Waals surface area (Å²) in [5.41, 5.74) is 1.22. The van der Waals surface area contributed by atoms with Crippen LogP contribution in [-0.2, 0) is 14.3 Å². The number of fused-ring (bicyclic) bond motifs is 2. The zero-order chi connectivity index (χ0) is 21.6. The van der Waals surface area contributed by atoms with Crippen molar-refractivity contribution >= 4 is 11.9 Å². The molecule has 1 aliphatic heterocycles. The number of rotatable bonds is 7. The Labute approximate surface area is 177 Å². The fourth-order valence-corrected chi connectivity index (χ4v) is 5.65. The first-order valence-electron chi connectivity index (χ1n) is 10.6. The van der Waals surface area contributed by atoms with E-state index in [4.69, 9.17) is 18.9 Å². The van der Waals surface area contributed by atoms with Crippen molar-refractivity contribution in [2.45, 2.75) is 51.7 Å². The van der Waals surface area contributed by atoms with Crippen LogP contribution in [0.5, 0.6) is 11.5 Å². The van der Waals surface area contributed by atoms with E-state index in [0.29, 0.717) is 34.5 Å². The second-order valence-corrected chi connectivity index (χ2v) is 9.07. The van der Waals surface area contributed by atoms with E-state index in [1.807, 2.05) is 6.92 Å². The van der Waals surface area contributed by atoms with E-state index in [1.54, 1.807) is 18.2 Å². The minimum Gasteiger partial charge on any atom is -0.493 e. The van der Waals surface area contributed by atoms with Gasteiger partial charge in [0.1, 0.15) is 11.7 Å². The summed E-state index contributed by atoms with van der Waals surface area (Å²) in [6.07, 6.45) is 3.47. The molecule has 1 aromatic rings. The van der Waals surface area contributed by atoms with Crippen molar-refractivity contribution in [2.24, 2.45) is 23.2 Å². The van der Waals surface area contributed by atoms with Crippen molar-refractivity contribution in [3.05, 3.63) is 35.9 Å². The Bertz CT molecular complexity index is 876. The van der Waals surface area contributed by atoms with E-state index in [-0.39, 0.29) is 29.5 Å². The summed E-state index contributed by atoms with van der Waals surface area (Å²) in [5.74, 6) is 1.60. The fourth-order valence-electron chi connectivity index (χ4n) is 5.65. The van der Waals surface area contributed by atoms with Gasteiger partial charge in [0.2, 0.25) is 0 Å². The summed E-state index contributed by atoms with van der Waals surface area (Å²) in [6.45, 7) is 8.16. The van der Waals surface area contributed by atoms with Crippen LogP contribution in [0.4, 0.5) is 0 Å². The SMILES string of the molecule is C=C1C(=O)O[C@@H]2C[C@]3(C)C(CCC(C)OC(=O)c4cccc(OC)c4OC)[C@@H]3C[C@H]12. The number of carbonyl (C=O) groups excluding carboxylic acids is 2. The van der Waals surface area contributed by atoms with Crippen LogP contribution in [0, 0.1) is 23.2 Å². The zero-order valence-corrected chi connectivity index (χ0v) is 18.1. The third kappa shape index (κ3) is 3.36. The Kier molecular flexibility index (Phi) is 5.28. The van der Waals surface area contributed by atoms with Gasteiger partial charge >= 0.3 is 11.9 Å². The molecule has 6 nitrogen and oxygen atoms in total. The first-order chi connectivity index (χ1) is 14.3. The molecule has 0 N–H and O–H groups in total. The second-order valence-electron chi connectivity index (χ2n) is 9.07. The Hall–Kier alpha value is -2.50. The highest BCUT2D eigenvalue weighted by molar-refractivity contribution is 5.93. The predicted octanol–water partition coefficient (Wildman–Crippen LogP) is 4.17. The van der Waals surface area contributed by atoms with Crippen molar-refractivity contribution in [2.75, 3.05) is 14.2 Å². The number of hydrogen-bond donors (Lipinski definition) is 0. The molecule has 3 fully saturated rings. The Morgan fingerprint density at radius 3 is 2.80 bits per heavy atom. The molecule has 6 atom stereocenters. The van der Waals surface area contributed by atoms with Gasteiger partial charge < -0.3 is 18.9 Å². The summed E-state index contributed by atoms with van der Waals surface area (Å²) >= 11 is 0. The van der Waals surface area contributed by atoms with Gasteiger partial charge in [-0.25, -0.2) is 9.59 Å². The number of esters is 2. The second kappa shape index (κ2) is 7.64. The molecular weight excluding hydrogens is 384 g/mol. The maximum atomic E-state index is 12.7. The Morgan fingerprint density at radius 1 is 1.33 bits per heavy atom. The number of carbonyl (C=O) groups is 2. The quantitative estimate of drug-likeness (QED) is 0.493. The van der Waals surface area contributed by atoms with E-state index < -0.39 is 5.97 Å². The molecule has 2 unspecified atom stereocenters. The molecule has 6 heteroatoms. The lowest BCUT2D eigenvalue weighted by atomic mass is 9.79. The molecule has 0 amide bonds. The Balaban J connectivity index is 1.32. The largest absolute Gasteiger partial charge is 0.493 e. The molecule has 30 heavy (non-hydrogen) atoms. The lowest BCUT2D eigenvalue weighted by Gasteiger charge is -2.27. The van der Waals surface area contributed by atoms with Gasteiger partial charge in [-0.05, 0) is 62.0 Å². The summed E-state index contributed by atoms with van der Waals surface area (Å²) in [7, 11) is 3.05. The molecule has 3 aliphatic rings. The van der Waals surface area contributed by atoms with Gasteiger partial charge in [-0.1, -0.05) is 19.6 Å². The minimum absolute atomic E-state index is 0.00738. The highest BCUT2D eigenvalue weighted by Gasteiger charge is 2.66. The summed E-state index contributed by atoms with van der Waals surface area (Å²) < 4.78 is 21.8. The highest BCUT2D eigenvalue weighted by atomic mass is 16.6. The predicted molar refractivity (Wildman–Crippen MR) is 110 cm³/mol. The maximum Gasteiger partial charge on any atom is 0.342 e. The molecule has 1 heterocycles. The van der Waals surface area contributed by atoms with Gasteiger partial charge in [-0.15, -0.1) is 0 Å². The van der Waals surface area contributed by atoms with Crippen LogP contribution in [0.2, 0.25) is 0 Å². The monoisotopic (exact) mass is 414 g/mol. The average molecular weight is 414 g/mol. The van der Waals surface area contributed by atoms with Crippen molar-refractivity contribution in [3.8, 4) is 11.5 Å². The molecule has 0 radical (unpaired) electrons. The number of para-hydroxylation sites is 1. The molecule has 0 spiro atoms. The van der Waals surface area contributed by atoms with Crippen LogP contribution in [0.3, 0.4) is 0 Å². The molecule has 4 rings (SSSR count). The summed E-state index contributed by atoms with van der Waals surface area (Å²) in [5, 5.41) is 0. The highest BCUT2D eigenvalue weighted by Crippen LogP contribution is 2.70. The lowest BCUT2D eigenvalue weighted by Crippen LogP contribution is -2.26. The molecule has 1 saturated heterocycles. The number of methoxy groups -OCH3 is 2. The van der Waals surface area contributed by atoms with Crippen LogP contribution in [-0.4, -0.2) is 38.4 Å². The van der Waals surface area contributed by atoms with Crippen molar-refractivity contribution in [3.63, 3.8) is 0 Å². The fraction of sp³-hybridized carbons (Fsp3) is 0.583. The van der Waals surface area contributed by atoms with Crippen LogP contribution < -0.4 is 9.47 Å². The minimum atomic E-state index is -0.407. The van der Waals surface area contributed by atoms with E-state index in [9.17, 15) is 9.59 Å². The van der Waals surface area contributed by atoms with E-state index in [1.165, 1.54) is 14.2 Å². The van der Waals surface area contributed by atoms with Gasteiger partial charge in [-0.2, -0.15) is 0 Å². The van der Waals surface area contributed by atoms with Crippen LogP contribution in [0.1, 0.15) is 49.9 Å². The normalized spacial score (nSPS) is 32.5. The van der Waals surface area contributed by atoms with Gasteiger partial charge in [-0.3, -0.25) is 0 Å². The number of benzene rings is 1. The van der Waals surface area contributed by atoms with Gasteiger partial charge in [0.05, 0.1) is 20.3 Å². The third-order valence-electron chi connectivity index (χ3n) is 7.45.